The highest BCUT2D eigenvalue weighted by Crippen LogP contribution is 2.44. The van der Waals surface area contributed by atoms with Gasteiger partial charge in [0, 0.05) is 45.9 Å². The van der Waals surface area contributed by atoms with Gasteiger partial charge in [-0.2, -0.15) is 9.97 Å². The van der Waals surface area contributed by atoms with Gasteiger partial charge in [-0.1, -0.05) is 86.5 Å². The third-order valence-electron chi connectivity index (χ3n) is 13.4. The molecule has 0 amide bonds. The van der Waals surface area contributed by atoms with Gasteiger partial charge in [0.2, 0.25) is 23.4 Å². The van der Waals surface area contributed by atoms with Gasteiger partial charge in [-0.05, 0) is 92.8 Å². The second-order valence-electron chi connectivity index (χ2n) is 18.5. The third-order valence-corrected chi connectivity index (χ3v) is 14.2. The Bertz CT molecular complexity index is 2860. The Labute approximate surface area is 393 Å². The van der Waals surface area contributed by atoms with E-state index in [0.717, 1.165) is 64.5 Å². The zero-order valence-corrected chi connectivity index (χ0v) is 39.4. The van der Waals surface area contributed by atoms with E-state index < -0.39 is 11.1 Å². The molecule has 6 heterocycles. The number of aromatic nitrogens is 9. The summed E-state index contributed by atoms with van der Waals surface area (Å²) in [5.74, 6) is 4.84. The van der Waals surface area contributed by atoms with E-state index in [-0.39, 0.29) is 10.8 Å². The molecule has 15 nitrogen and oxygen atoms in total. The number of rotatable bonds is 16. The van der Waals surface area contributed by atoms with E-state index in [2.05, 4.69) is 101 Å². The molecule has 8 aromatic rings. The number of benzene rings is 2. The largest absolute Gasteiger partial charge is 0.485 e. The molecule has 2 aliphatic carbocycles. The van der Waals surface area contributed by atoms with Crippen LogP contribution in [0.5, 0.6) is 11.5 Å². The van der Waals surface area contributed by atoms with Crippen molar-refractivity contribution < 1.29 is 18.5 Å². The minimum absolute atomic E-state index is 0.274. The van der Waals surface area contributed by atoms with E-state index in [4.69, 9.17) is 40.0 Å². The Hall–Kier alpha value is -6.75. The van der Waals surface area contributed by atoms with Crippen molar-refractivity contribution in [3.05, 3.63) is 160 Å². The molecule has 2 aliphatic rings. The topological polar surface area (TPSA) is 213 Å². The summed E-state index contributed by atoms with van der Waals surface area (Å²) in [6.45, 7) is 14.0. The van der Waals surface area contributed by atoms with Crippen LogP contribution in [0.1, 0.15) is 112 Å². The zero-order chi connectivity index (χ0) is 46.8. The van der Waals surface area contributed by atoms with Crippen LogP contribution in [-0.2, 0) is 35.1 Å². The summed E-state index contributed by atoms with van der Waals surface area (Å²) < 4.78 is 22.4. The molecule has 344 valence electrons. The predicted molar refractivity (Wildman–Crippen MR) is 254 cm³/mol. The van der Waals surface area contributed by atoms with Crippen molar-refractivity contribution in [2.45, 2.75) is 102 Å². The van der Waals surface area contributed by atoms with Gasteiger partial charge in [0.15, 0.2) is 5.82 Å². The molecule has 2 fully saturated rings. The first-order chi connectivity index (χ1) is 32.3. The molecule has 67 heavy (non-hydrogen) atoms. The van der Waals surface area contributed by atoms with Gasteiger partial charge >= 0.3 is 0 Å². The fourth-order valence-corrected chi connectivity index (χ4v) is 8.36. The molecule has 6 aromatic heterocycles. The highest BCUT2D eigenvalue weighted by molar-refractivity contribution is 7.09. The molecular formula is C51H55N11O4S. The second kappa shape index (κ2) is 18.5. The second-order valence-corrected chi connectivity index (χ2v) is 19.4. The lowest BCUT2D eigenvalue weighted by molar-refractivity contribution is 0.293. The summed E-state index contributed by atoms with van der Waals surface area (Å²) in [5, 5.41) is 11.1. The van der Waals surface area contributed by atoms with E-state index in [1.54, 1.807) is 48.4 Å². The van der Waals surface area contributed by atoms with Crippen LogP contribution < -0.4 is 20.9 Å². The van der Waals surface area contributed by atoms with Gasteiger partial charge in [-0.3, -0.25) is 9.97 Å². The number of thiazole rings is 1. The molecule has 2 saturated carbocycles. The molecule has 0 radical (unpaired) electrons. The SMILES string of the molecule is CC(C)C(C)(c1ccc(-c2noc(C3(N)CC3)n2)cc1)c1ccc(OCc2ncccn2)cn1.CC(C)C(C)(c1ccc(-c2noc(C3(N)CC3)n2)cc1)c1ccc(OCc2nccs2)cn1. The van der Waals surface area contributed by atoms with Gasteiger partial charge in [0.25, 0.3) is 0 Å². The molecule has 2 atom stereocenters. The fraction of sp³-hybridized carbons (Fsp3) is 0.353. The monoisotopic (exact) mass is 917 g/mol. The Kier molecular flexibility index (Phi) is 12.5. The van der Waals surface area contributed by atoms with Crippen molar-refractivity contribution in [2.24, 2.45) is 23.3 Å². The number of pyridine rings is 2. The highest BCUT2D eigenvalue weighted by atomic mass is 32.1. The minimum atomic E-state index is -0.433. The lowest BCUT2D eigenvalue weighted by atomic mass is 9.70. The highest BCUT2D eigenvalue weighted by Gasteiger charge is 2.46. The summed E-state index contributed by atoms with van der Waals surface area (Å²) in [6, 6.07) is 26.4. The third kappa shape index (κ3) is 9.60. The summed E-state index contributed by atoms with van der Waals surface area (Å²) >= 11 is 1.58. The average Bonchev–Trinajstić information content (AvgIpc) is 3.93. The first kappa shape index (κ1) is 45.4. The number of nitrogens with two attached hydrogens (primary N) is 2. The van der Waals surface area contributed by atoms with E-state index in [9.17, 15) is 0 Å². The lowest BCUT2D eigenvalue weighted by Crippen LogP contribution is -2.31. The van der Waals surface area contributed by atoms with Crippen molar-refractivity contribution in [2.75, 3.05) is 0 Å². The van der Waals surface area contributed by atoms with E-state index in [0.29, 0.717) is 60.1 Å². The Morgan fingerprint density at radius 2 is 1.06 bits per heavy atom. The molecule has 0 spiro atoms. The van der Waals surface area contributed by atoms with Gasteiger partial charge in [-0.15, -0.1) is 11.3 Å². The van der Waals surface area contributed by atoms with E-state index in [1.165, 1.54) is 5.56 Å². The van der Waals surface area contributed by atoms with Crippen LogP contribution in [0.3, 0.4) is 0 Å². The van der Waals surface area contributed by atoms with Crippen molar-refractivity contribution in [1.82, 2.24) is 45.2 Å². The van der Waals surface area contributed by atoms with Gasteiger partial charge < -0.3 is 30.0 Å². The summed E-state index contributed by atoms with van der Waals surface area (Å²) in [4.78, 5) is 31.2. The molecular weight excluding hydrogens is 863 g/mol. The van der Waals surface area contributed by atoms with E-state index in [1.807, 2.05) is 53.9 Å². The van der Waals surface area contributed by atoms with Crippen molar-refractivity contribution in [3.8, 4) is 34.3 Å². The van der Waals surface area contributed by atoms with Crippen LogP contribution in [0.25, 0.3) is 22.8 Å². The molecule has 0 aliphatic heterocycles. The molecule has 0 bridgehead atoms. The number of hydrogen-bond donors (Lipinski definition) is 2. The van der Waals surface area contributed by atoms with Crippen LogP contribution in [0, 0.1) is 11.8 Å². The molecule has 16 heteroatoms. The lowest BCUT2D eigenvalue weighted by Gasteiger charge is -2.34. The molecule has 2 unspecified atom stereocenters. The van der Waals surface area contributed by atoms with Crippen LogP contribution in [0.15, 0.2) is 124 Å². The Morgan fingerprint density at radius 1 is 0.597 bits per heavy atom. The van der Waals surface area contributed by atoms with Crippen LogP contribution in [0.2, 0.25) is 0 Å². The zero-order valence-electron chi connectivity index (χ0n) is 38.6. The molecule has 2 aromatic carbocycles. The number of hydrogen-bond acceptors (Lipinski definition) is 16. The maximum absolute atomic E-state index is 6.18. The quantitative estimate of drug-likeness (QED) is 0.0924. The van der Waals surface area contributed by atoms with Crippen molar-refractivity contribution in [1.29, 1.82) is 0 Å². The maximum Gasteiger partial charge on any atom is 0.247 e. The Morgan fingerprint density at radius 3 is 1.45 bits per heavy atom. The number of ether oxygens (including phenoxy) is 2. The normalized spacial score (nSPS) is 16.4. The molecule has 10 rings (SSSR count). The Balaban J connectivity index is 0.000000168. The summed E-state index contributed by atoms with van der Waals surface area (Å²) in [6.07, 6.45) is 12.3. The standard InChI is InChI=1S/C26H28N6O2.C25H27N5O2S/c1-17(2)25(3,21-10-9-20(15-30-21)33-16-22-28-13-4-14-29-22)19-7-5-18(6-8-19)23-31-24(34-32-23)26(27)11-12-26;1-16(2)24(3,20-9-8-19(14-28-20)31-15-21-27-12-13-33-21)18-6-4-17(5-7-18)22-29-23(32-30-22)25(26)10-11-25/h4-10,13-15,17H,11-12,16,27H2,1-3H3;4-9,12-14,16H,10-11,15,26H2,1-3H3. The minimum Gasteiger partial charge on any atom is -0.485 e. The predicted octanol–water partition coefficient (Wildman–Crippen LogP) is 9.49. The summed E-state index contributed by atoms with van der Waals surface area (Å²) in [5.41, 5.74) is 17.0. The van der Waals surface area contributed by atoms with Gasteiger partial charge in [0.05, 0.1) is 34.9 Å². The summed E-state index contributed by atoms with van der Waals surface area (Å²) in [7, 11) is 0. The van der Waals surface area contributed by atoms with Crippen LogP contribution in [-0.4, -0.2) is 45.2 Å². The van der Waals surface area contributed by atoms with E-state index >= 15 is 0 Å². The fourth-order valence-electron chi connectivity index (χ4n) is 7.84. The van der Waals surface area contributed by atoms with Crippen LogP contribution in [0.4, 0.5) is 0 Å². The van der Waals surface area contributed by atoms with Crippen LogP contribution >= 0.6 is 11.3 Å². The first-order valence-electron chi connectivity index (χ1n) is 22.6. The van der Waals surface area contributed by atoms with Crippen molar-refractivity contribution >= 4 is 11.3 Å². The number of nitrogens with zero attached hydrogens (tertiary/aromatic N) is 9. The molecule has 0 saturated heterocycles. The van der Waals surface area contributed by atoms with Gasteiger partial charge in [-0.25, -0.2) is 15.0 Å². The first-order valence-corrected chi connectivity index (χ1v) is 23.5. The van der Waals surface area contributed by atoms with Gasteiger partial charge in [0.1, 0.15) is 29.7 Å². The van der Waals surface area contributed by atoms with Crippen molar-refractivity contribution in [3.63, 3.8) is 0 Å². The molecule has 4 N–H and O–H groups in total. The maximum atomic E-state index is 6.18. The smallest absolute Gasteiger partial charge is 0.247 e. The average molecular weight is 918 g/mol.